The van der Waals surface area contributed by atoms with Gasteiger partial charge in [-0.15, -0.1) is 0 Å². The predicted molar refractivity (Wildman–Crippen MR) is 74.3 cm³/mol. The minimum Gasteiger partial charge on any atom is -0.365 e. The number of ether oxygens (including phenoxy) is 1. The zero-order valence-corrected chi connectivity index (χ0v) is 12.4. The monoisotopic (exact) mass is 334 g/mol. The lowest BCUT2D eigenvalue weighted by atomic mass is 9.99. The van der Waals surface area contributed by atoms with Gasteiger partial charge in [-0.05, 0) is 31.4 Å². The lowest BCUT2D eigenvalue weighted by molar-refractivity contribution is -0.172. The number of aromatic nitrogens is 1. The minimum absolute atomic E-state index is 0.239. The third kappa shape index (κ3) is 4.63. The third-order valence-electron chi connectivity index (χ3n) is 3.69. The number of amides is 1. The quantitative estimate of drug-likeness (QED) is 0.751. The molecule has 0 bridgehead atoms. The highest BCUT2D eigenvalue weighted by molar-refractivity contribution is 5.78. The molecule has 1 aliphatic heterocycles. The van der Waals surface area contributed by atoms with E-state index in [-0.39, 0.29) is 6.04 Å². The SMILES string of the molecule is O=C(COCC(F)(F)C(F)F)N1CCCC[C@H]1c1ccccn1. The number of carbonyl (C=O) groups excluding carboxylic acids is 1. The van der Waals surface area contributed by atoms with Crippen LogP contribution in [0.2, 0.25) is 0 Å². The molecule has 1 aromatic heterocycles. The number of halogens is 4. The number of alkyl halides is 4. The zero-order chi connectivity index (χ0) is 16.9. The molecule has 128 valence electrons. The zero-order valence-electron chi connectivity index (χ0n) is 12.4. The molecule has 2 heterocycles. The summed E-state index contributed by atoms with van der Waals surface area (Å²) in [4.78, 5) is 17.9. The van der Waals surface area contributed by atoms with Gasteiger partial charge in [-0.25, -0.2) is 8.78 Å². The van der Waals surface area contributed by atoms with Gasteiger partial charge in [0.15, 0.2) is 0 Å². The smallest absolute Gasteiger partial charge is 0.330 e. The van der Waals surface area contributed by atoms with E-state index in [1.165, 1.54) is 4.90 Å². The molecule has 1 fully saturated rings. The first-order valence-electron chi connectivity index (χ1n) is 7.36. The van der Waals surface area contributed by atoms with E-state index < -0.39 is 31.5 Å². The van der Waals surface area contributed by atoms with Crippen molar-refractivity contribution in [2.24, 2.45) is 0 Å². The highest BCUT2D eigenvalue weighted by Gasteiger charge is 2.41. The van der Waals surface area contributed by atoms with Crippen molar-refractivity contribution in [1.29, 1.82) is 0 Å². The van der Waals surface area contributed by atoms with Gasteiger partial charge in [0.1, 0.15) is 13.2 Å². The van der Waals surface area contributed by atoms with Crippen LogP contribution in [0.25, 0.3) is 0 Å². The van der Waals surface area contributed by atoms with E-state index in [9.17, 15) is 22.4 Å². The van der Waals surface area contributed by atoms with Crippen LogP contribution in [0.4, 0.5) is 17.6 Å². The van der Waals surface area contributed by atoms with Gasteiger partial charge in [0, 0.05) is 12.7 Å². The van der Waals surface area contributed by atoms with Gasteiger partial charge >= 0.3 is 12.3 Å². The summed E-state index contributed by atoms with van der Waals surface area (Å²) >= 11 is 0. The van der Waals surface area contributed by atoms with Crippen LogP contribution in [-0.4, -0.2) is 47.9 Å². The summed E-state index contributed by atoms with van der Waals surface area (Å²) in [6.07, 6.45) is 0.244. The third-order valence-corrected chi connectivity index (χ3v) is 3.69. The molecule has 1 aliphatic rings. The fourth-order valence-electron chi connectivity index (χ4n) is 2.53. The van der Waals surface area contributed by atoms with E-state index in [0.717, 1.165) is 25.0 Å². The Labute approximate surface area is 131 Å². The predicted octanol–water partition coefficient (Wildman–Crippen LogP) is 3.05. The van der Waals surface area contributed by atoms with Gasteiger partial charge in [-0.2, -0.15) is 8.78 Å². The number of carbonyl (C=O) groups is 1. The van der Waals surface area contributed by atoms with Crippen LogP contribution >= 0.6 is 0 Å². The van der Waals surface area contributed by atoms with Crippen molar-refractivity contribution in [1.82, 2.24) is 9.88 Å². The number of hydrogen-bond donors (Lipinski definition) is 0. The van der Waals surface area contributed by atoms with Gasteiger partial charge in [0.05, 0.1) is 11.7 Å². The second kappa shape index (κ2) is 7.72. The first-order valence-corrected chi connectivity index (χ1v) is 7.36. The minimum atomic E-state index is -4.25. The van der Waals surface area contributed by atoms with Crippen LogP contribution in [0, 0.1) is 0 Å². The Morgan fingerprint density at radius 2 is 2.17 bits per heavy atom. The van der Waals surface area contributed by atoms with Crippen LogP contribution in [0.15, 0.2) is 24.4 Å². The Morgan fingerprint density at radius 1 is 1.39 bits per heavy atom. The summed E-state index contributed by atoms with van der Waals surface area (Å²) in [6, 6.07) is 5.12. The molecule has 0 N–H and O–H groups in total. The maximum atomic E-state index is 12.8. The summed E-state index contributed by atoms with van der Waals surface area (Å²) < 4.78 is 54.1. The van der Waals surface area contributed by atoms with Crippen molar-refractivity contribution in [2.75, 3.05) is 19.8 Å². The topological polar surface area (TPSA) is 42.4 Å². The van der Waals surface area contributed by atoms with Crippen LogP contribution in [-0.2, 0) is 9.53 Å². The maximum Gasteiger partial charge on any atom is 0.330 e. The summed E-state index contributed by atoms with van der Waals surface area (Å²) in [5, 5.41) is 0. The highest BCUT2D eigenvalue weighted by Crippen LogP contribution is 2.30. The lowest BCUT2D eigenvalue weighted by Crippen LogP contribution is -2.42. The number of likely N-dealkylation sites (tertiary alicyclic amines) is 1. The fraction of sp³-hybridized carbons (Fsp3) is 0.600. The summed E-state index contributed by atoms with van der Waals surface area (Å²) in [7, 11) is 0. The molecule has 0 aliphatic carbocycles. The first kappa shape index (κ1) is 17.7. The van der Waals surface area contributed by atoms with E-state index in [1.54, 1.807) is 24.4 Å². The average Bonchev–Trinajstić information content (AvgIpc) is 2.55. The van der Waals surface area contributed by atoms with E-state index in [2.05, 4.69) is 9.72 Å². The second-order valence-corrected chi connectivity index (χ2v) is 5.41. The molecule has 23 heavy (non-hydrogen) atoms. The van der Waals surface area contributed by atoms with Crippen molar-refractivity contribution in [3.63, 3.8) is 0 Å². The summed E-state index contributed by atoms with van der Waals surface area (Å²) in [5.74, 6) is -4.74. The Morgan fingerprint density at radius 3 is 2.83 bits per heavy atom. The number of hydrogen-bond acceptors (Lipinski definition) is 3. The number of nitrogens with zero attached hydrogens (tertiary/aromatic N) is 2. The molecule has 1 aromatic rings. The van der Waals surface area contributed by atoms with Crippen molar-refractivity contribution in [3.8, 4) is 0 Å². The molecular weight excluding hydrogens is 316 g/mol. The molecule has 0 unspecified atom stereocenters. The average molecular weight is 334 g/mol. The molecule has 0 saturated carbocycles. The fourth-order valence-corrected chi connectivity index (χ4v) is 2.53. The molecule has 8 heteroatoms. The number of pyridine rings is 1. The molecule has 1 atom stereocenters. The van der Waals surface area contributed by atoms with E-state index in [0.29, 0.717) is 6.54 Å². The molecule has 1 amide bonds. The van der Waals surface area contributed by atoms with Gasteiger partial charge in [0.25, 0.3) is 0 Å². The van der Waals surface area contributed by atoms with Gasteiger partial charge in [-0.3, -0.25) is 9.78 Å². The largest absolute Gasteiger partial charge is 0.365 e. The highest BCUT2D eigenvalue weighted by atomic mass is 19.3. The van der Waals surface area contributed by atoms with Crippen molar-refractivity contribution in [3.05, 3.63) is 30.1 Å². The Kier molecular flexibility index (Phi) is 5.92. The molecular formula is C15H18F4N2O2. The molecule has 1 saturated heterocycles. The number of rotatable bonds is 6. The Hall–Kier alpha value is -1.70. The Bertz CT molecular complexity index is 513. The van der Waals surface area contributed by atoms with Crippen LogP contribution in [0.5, 0.6) is 0 Å². The summed E-state index contributed by atoms with van der Waals surface area (Å²) in [6.45, 7) is -1.65. The molecule has 0 aromatic carbocycles. The van der Waals surface area contributed by atoms with E-state index in [4.69, 9.17) is 0 Å². The van der Waals surface area contributed by atoms with Crippen molar-refractivity contribution < 1.29 is 27.1 Å². The van der Waals surface area contributed by atoms with E-state index in [1.807, 2.05) is 0 Å². The van der Waals surface area contributed by atoms with Crippen molar-refractivity contribution in [2.45, 2.75) is 37.7 Å². The molecule has 0 radical (unpaired) electrons. The Balaban J connectivity index is 1.94. The van der Waals surface area contributed by atoms with Crippen molar-refractivity contribution >= 4 is 5.91 Å². The molecule has 4 nitrogen and oxygen atoms in total. The lowest BCUT2D eigenvalue weighted by Gasteiger charge is -2.35. The maximum absolute atomic E-state index is 12.8. The second-order valence-electron chi connectivity index (χ2n) is 5.41. The molecule has 0 spiro atoms. The number of piperidine rings is 1. The standard InChI is InChI=1S/C15H18F4N2O2/c16-14(17)15(18,19)10-23-9-13(22)21-8-4-2-6-12(21)11-5-1-3-7-20-11/h1,3,5,7,12,14H,2,4,6,8-10H2/t12-/m0/s1. The first-order chi connectivity index (χ1) is 10.9. The normalized spacial score (nSPS) is 19.2. The van der Waals surface area contributed by atoms with Crippen LogP contribution < -0.4 is 0 Å². The van der Waals surface area contributed by atoms with Gasteiger partial charge in [-0.1, -0.05) is 6.07 Å². The van der Waals surface area contributed by atoms with Crippen LogP contribution in [0.1, 0.15) is 31.0 Å². The van der Waals surface area contributed by atoms with Gasteiger partial charge < -0.3 is 9.64 Å². The van der Waals surface area contributed by atoms with Gasteiger partial charge in [0.2, 0.25) is 5.91 Å². The van der Waals surface area contributed by atoms with E-state index >= 15 is 0 Å². The van der Waals surface area contributed by atoms with Crippen LogP contribution in [0.3, 0.4) is 0 Å². The molecule has 2 rings (SSSR count). The summed E-state index contributed by atoms with van der Waals surface area (Å²) in [5.41, 5.74) is 0.721.